The Labute approximate surface area is 112 Å². The fourth-order valence-corrected chi connectivity index (χ4v) is 1.67. The first-order valence-electron chi connectivity index (χ1n) is 6.22. The largest absolute Gasteiger partial charge is 0.360 e. The zero-order chi connectivity index (χ0) is 13.5. The second kappa shape index (κ2) is 6.70. The van der Waals surface area contributed by atoms with E-state index >= 15 is 0 Å². The minimum absolute atomic E-state index is 0.0536. The molecule has 1 aromatic carbocycles. The first-order valence-corrected chi connectivity index (χ1v) is 6.22. The first kappa shape index (κ1) is 13.3. The van der Waals surface area contributed by atoms with Gasteiger partial charge in [0.15, 0.2) is 0 Å². The summed E-state index contributed by atoms with van der Waals surface area (Å²) in [6.45, 7) is 2.95. The van der Waals surface area contributed by atoms with Gasteiger partial charge in [0.25, 0.3) is 0 Å². The Morgan fingerprint density at radius 1 is 1.37 bits per heavy atom. The van der Waals surface area contributed by atoms with Gasteiger partial charge in [-0.3, -0.25) is 4.79 Å². The number of amides is 1. The molecule has 2 rings (SSSR count). The van der Waals surface area contributed by atoms with Crippen LogP contribution in [0.15, 0.2) is 42.7 Å². The molecular weight excluding hydrogens is 242 g/mol. The number of benzene rings is 1. The van der Waals surface area contributed by atoms with Crippen LogP contribution in [0.1, 0.15) is 12.5 Å². The second-order valence-electron chi connectivity index (χ2n) is 4.10. The van der Waals surface area contributed by atoms with E-state index in [2.05, 4.69) is 10.4 Å². The Kier molecular flexibility index (Phi) is 4.69. The van der Waals surface area contributed by atoms with Crippen LogP contribution in [0.5, 0.6) is 0 Å². The Bertz CT molecular complexity index is 522. The lowest BCUT2D eigenvalue weighted by molar-refractivity contribution is -0.115. The molecule has 5 heteroatoms. The van der Waals surface area contributed by atoms with Gasteiger partial charge in [-0.2, -0.15) is 5.10 Å². The van der Waals surface area contributed by atoms with Crippen molar-refractivity contribution in [2.24, 2.45) is 0 Å². The summed E-state index contributed by atoms with van der Waals surface area (Å²) in [5, 5.41) is 6.90. The molecule has 5 nitrogen and oxygen atoms in total. The van der Waals surface area contributed by atoms with Gasteiger partial charge in [-0.25, -0.2) is 4.68 Å². The molecule has 0 aliphatic carbocycles. The summed E-state index contributed by atoms with van der Waals surface area (Å²) in [4.78, 5) is 11.8. The topological polar surface area (TPSA) is 56.1 Å². The highest BCUT2D eigenvalue weighted by Gasteiger charge is 2.05. The molecule has 1 aromatic heterocycles. The summed E-state index contributed by atoms with van der Waals surface area (Å²) < 4.78 is 6.86. The average molecular weight is 259 g/mol. The highest BCUT2D eigenvalue weighted by molar-refractivity contribution is 5.91. The van der Waals surface area contributed by atoms with Crippen molar-refractivity contribution in [2.75, 3.05) is 11.9 Å². The molecule has 0 saturated heterocycles. The molecule has 0 unspecified atom stereocenters. The van der Waals surface area contributed by atoms with E-state index in [-0.39, 0.29) is 5.91 Å². The predicted molar refractivity (Wildman–Crippen MR) is 72.6 cm³/mol. The van der Waals surface area contributed by atoms with E-state index in [1.54, 1.807) is 17.1 Å². The summed E-state index contributed by atoms with van der Waals surface area (Å²) in [6, 6.07) is 9.63. The van der Waals surface area contributed by atoms with Gasteiger partial charge in [-0.1, -0.05) is 30.3 Å². The number of hydrogen-bond acceptors (Lipinski definition) is 3. The van der Waals surface area contributed by atoms with Crippen LogP contribution in [0.25, 0.3) is 0 Å². The van der Waals surface area contributed by atoms with Crippen LogP contribution in [0.2, 0.25) is 0 Å². The molecule has 2 aromatic rings. The molecule has 0 radical (unpaired) electrons. The van der Waals surface area contributed by atoms with Crippen LogP contribution >= 0.6 is 0 Å². The summed E-state index contributed by atoms with van der Waals surface area (Å²) in [5.74, 6) is -0.0536. The van der Waals surface area contributed by atoms with Crippen molar-refractivity contribution >= 4 is 11.6 Å². The van der Waals surface area contributed by atoms with E-state index in [1.807, 2.05) is 37.3 Å². The lowest BCUT2D eigenvalue weighted by Crippen LogP contribution is -2.13. The fraction of sp³-hybridized carbons (Fsp3) is 0.286. The molecule has 0 aliphatic rings. The van der Waals surface area contributed by atoms with E-state index < -0.39 is 0 Å². The van der Waals surface area contributed by atoms with Gasteiger partial charge < -0.3 is 10.1 Å². The normalized spacial score (nSPS) is 10.4. The van der Waals surface area contributed by atoms with E-state index in [0.717, 1.165) is 5.56 Å². The molecule has 0 atom stereocenters. The minimum atomic E-state index is -0.0536. The molecule has 1 heterocycles. The second-order valence-corrected chi connectivity index (χ2v) is 4.10. The number of carbonyl (C=O) groups is 1. The average Bonchev–Trinajstić information content (AvgIpc) is 2.85. The summed E-state index contributed by atoms with van der Waals surface area (Å²) in [7, 11) is 0. The molecule has 100 valence electrons. The number of nitrogens with one attached hydrogen (secondary N) is 1. The molecular formula is C14H17N3O2. The fourth-order valence-electron chi connectivity index (χ4n) is 1.67. The zero-order valence-corrected chi connectivity index (χ0v) is 10.9. The highest BCUT2D eigenvalue weighted by Crippen LogP contribution is 2.07. The number of rotatable bonds is 6. The highest BCUT2D eigenvalue weighted by atomic mass is 16.5. The Hall–Kier alpha value is -2.14. The van der Waals surface area contributed by atoms with Gasteiger partial charge in [0, 0.05) is 6.61 Å². The van der Waals surface area contributed by atoms with E-state index in [4.69, 9.17) is 4.74 Å². The number of ether oxygens (including phenoxy) is 1. The quantitative estimate of drug-likeness (QED) is 0.864. The van der Waals surface area contributed by atoms with Crippen LogP contribution in [-0.2, 0) is 22.7 Å². The van der Waals surface area contributed by atoms with Crippen molar-refractivity contribution in [3.05, 3.63) is 48.3 Å². The monoisotopic (exact) mass is 259 g/mol. The molecule has 0 fully saturated rings. The third-order valence-corrected chi connectivity index (χ3v) is 2.55. The Balaban J connectivity index is 1.86. The Morgan fingerprint density at radius 3 is 2.89 bits per heavy atom. The number of aromatic nitrogens is 2. The van der Waals surface area contributed by atoms with Gasteiger partial charge >= 0.3 is 0 Å². The predicted octanol–water partition coefficient (Wildman–Crippen LogP) is 2.06. The lowest BCUT2D eigenvalue weighted by atomic mass is 10.1. The summed E-state index contributed by atoms with van der Waals surface area (Å²) >= 11 is 0. The third-order valence-electron chi connectivity index (χ3n) is 2.55. The molecule has 0 bridgehead atoms. The van der Waals surface area contributed by atoms with Gasteiger partial charge in [-0.15, -0.1) is 0 Å². The standard InChI is InChI=1S/C14H17N3O2/c1-2-19-11-17-10-13(9-15-17)16-14(18)8-12-6-4-3-5-7-12/h3-7,9-10H,2,8,11H2,1H3,(H,16,18). The molecule has 0 aliphatic heterocycles. The molecule has 1 N–H and O–H groups in total. The van der Waals surface area contributed by atoms with Gasteiger partial charge in [-0.05, 0) is 12.5 Å². The SMILES string of the molecule is CCOCn1cc(NC(=O)Cc2ccccc2)cn1. The first-order chi connectivity index (χ1) is 9.28. The van der Waals surface area contributed by atoms with E-state index in [1.165, 1.54) is 0 Å². The van der Waals surface area contributed by atoms with Crippen LogP contribution in [0, 0.1) is 0 Å². The zero-order valence-electron chi connectivity index (χ0n) is 10.9. The molecule has 19 heavy (non-hydrogen) atoms. The van der Waals surface area contributed by atoms with Gasteiger partial charge in [0.2, 0.25) is 5.91 Å². The van der Waals surface area contributed by atoms with Crippen molar-refractivity contribution in [2.45, 2.75) is 20.1 Å². The van der Waals surface area contributed by atoms with Gasteiger partial charge in [0.05, 0.1) is 24.5 Å². The maximum atomic E-state index is 11.8. The summed E-state index contributed by atoms with van der Waals surface area (Å²) in [6.07, 6.45) is 3.72. The van der Waals surface area contributed by atoms with Gasteiger partial charge in [0.1, 0.15) is 6.73 Å². The Morgan fingerprint density at radius 2 is 2.16 bits per heavy atom. The molecule has 0 saturated carbocycles. The molecule has 1 amide bonds. The van der Waals surface area contributed by atoms with Crippen LogP contribution in [0.3, 0.4) is 0 Å². The minimum Gasteiger partial charge on any atom is -0.360 e. The molecule has 0 spiro atoms. The summed E-state index contributed by atoms with van der Waals surface area (Å²) in [5.41, 5.74) is 1.67. The number of carbonyl (C=O) groups excluding carboxylic acids is 1. The smallest absolute Gasteiger partial charge is 0.228 e. The van der Waals surface area contributed by atoms with Crippen molar-refractivity contribution < 1.29 is 9.53 Å². The number of nitrogens with zero attached hydrogens (tertiary/aromatic N) is 2. The van der Waals surface area contributed by atoms with Crippen molar-refractivity contribution in [1.82, 2.24) is 9.78 Å². The van der Waals surface area contributed by atoms with E-state index in [9.17, 15) is 4.79 Å². The van der Waals surface area contributed by atoms with Crippen molar-refractivity contribution in [3.63, 3.8) is 0 Å². The van der Waals surface area contributed by atoms with Crippen molar-refractivity contribution in [3.8, 4) is 0 Å². The van der Waals surface area contributed by atoms with Crippen LogP contribution in [-0.4, -0.2) is 22.3 Å². The lowest BCUT2D eigenvalue weighted by Gasteiger charge is -2.02. The van der Waals surface area contributed by atoms with Crippen LogP contribution < -0.4 is 5.32 Å². The van der Waals surface area contributed by atoms with E-state index in [0.29, 0.717) is 25.4 Å². The number of hydrogen-bond donors (Lipinski definition) is 1. The number of anilines is 1. The maximum Gasteiger partial charge on any atom is 0.228 e. The van der Waals surface area contributed by atoms with Crippen molar-refractivity contribution in [1.29, 1.82) is 0 Å². The third kappa shape index (κ3) is 4.22. The van der Waals surface area contributed by atoms with Crippen LogP contribution in [0.4, 0.5) is 5.69 Å². The maximum absolute atomic E-state index is 11.8.